The summed E-state index contributed by atoms with van der Waals surface area (Å²) in [4.78, 5) is 0. The Hall–Kier alpha value is -0.843. The summed E-state index contributed by atoms with van der Waals surface area (Å²) >= 11 is 3.45. The van der Waals surface area contributed by atoms with E-state index in [1.807, 2.05) is 24.3 Å². The van der Waals surface area contributed by atoms with Gasteiger partial charge >= 0.3 is 0 Å². The minimum atomic E-state index is -1.54. The second-order valence-electron chi connectivity index (χ2n) is 5.31. The molecule has 0 saturated heterocycles. The molecule has 0 unspecified atom stereocenters. The van der Waals surface area contributed by atoms with Gasteiger partial charge in [0, 0.05) is 10.0 Å². The fraction of sp³-hybridized carbons (Fsp3) is 0.412. The van der Waals surface area contributed by atoms with Crippen LogP contribution in [0, 0.1) is 0 Å². The van der Waals surface area contributed by atoms with E-state index in [1.54, 1.807) is 0 Å². The van der Waals surface area contributed by atoms with Crippen LogP contribution in [-0.2, 0) is 11.0 Å². The van der Waals surface area contributed by atoms with E-state index in [0.29, 0.717) is 6.61 Å². The maximum atomic E-state index is 6.27. The van der Waals surface area contributed by atoms with E-state index in [-0.39, 0.29) is 0 Å². The lowest BCUT2D eigenvalue weighted by Gasteiger charge is -2.27. The molecule has 0 spiro atoms. The average Bonchev–Trinajstić information content (AvgIpc) is 2.99. The lowest BCUT2D eigenvalue weighted by Crippen LogP contribution is -2.35. The van der Waals surface area contributed by atoms with Gasteiger partial charge in [0.1, 0.15) is 11.5 Å². The summed E-state index contributed by atoms with van der Waals surface area (Å²) in [5.74, 6) is 1.82. The normalized spacial score (nSPS) is 11.8. The molecule has 0 aliphatic carbocycles. The van der Waals surface area contributed by atoms with Crippen molar-refractivity contribution < 1.29 is 8.84 Å². The highest BCUT2D eigenvalue weighted by Gasteiger charge is 2.28. The van der Waals surface area contributed by atoms with Crippen LogP contribution in [0.15, 0.2) is 45.3 Å². The molecule has 0 fully saturated rings. The predicted octanol–water partition coefficient (Wildman–Crippen LogP) is 6.23. The van der Waals surface area contributed by atoms with E-state index in [0.717, 1.165) is 21.6 Å². The van der Waals surface area contributed by atoms with Crippen LogP contribution in [0.2, 0.25) is 18.1 Å². The van der Waals surface area contributed by atoms with Crippen molar-refractivity contribution in [2.45, 2.75) is 45.5 Å². The summed E-state index contributed by atoms with van der Waals surface area (Å²) in [6.07, 6.45) is 0. The van der Waals surface area contributed by atoms with Crippen LogP contribution in [-0.4, -0.2) is 8.32 Å². The van der Waals surface area contributed by atoms with Gasteiger partial charge in [-0.3, -0.25) is 0 Å². The zero-order valence-corrected chi connectivity index (χ0v) is 15.6. The van der Waals surface area contributed by atoms with Gasteiger partial charge in [-0.25, -0.2) is 0 Å². The van der Waals surface area contributed by atoms with Gasteiger partial charge in [-0.1, -0.05) is 48.8 Å². The molecule has 0 saturated carbocycles. The van der Waals surface area contributed by atoms with Crippen molar-refractivity contribution in [1.82, 2.24) is 0 Å². The Morgan fingerprint density at radius 2 is 1.57 bits per heavy atom. The first-order valence-electron chi connectivity index (χ1n) is 7.61. The van der Waals surface area contributed by atoms with Crippen LogP contribution in [0.25, 0.3) is 11.3 Å². The first kappa shape index (κ1) is 16.5. The number of hydrogen-bond donors (Lipinski definition) is 0. The summed E-state index contributed by atoms with van der Waals surface area (Å²) in [6, 6.07) is 15.7. The van der Waals surface area contributed by atoms with E-state index < -0.39 is 8.32 Å². The summed E-state index contributed by atoms with van der Waals surface area (Å²) in [5.41, 5.74) is 1.09. The molecule has 114 valence electrons. The van der Waals surface area contributed by atoms with Gasteiger partial charge in [0.15, 0.2) is 8.32 Å². The van der Waals surface area contributed by atoms with Gasteiger partial charge in [0.25, 0.3) is 0 Å². The number of benzene rings is 1. The van der Waals surface area contributed by atoms with Crippen LogP contribution < -0.4 is 0 Å². The highest BCUT2D eigenvalue weighted by molar-refractivity contribution is 9.10. The molecule has 0 aliphatic heterocycles. The van der Waals surface area contributed by atoms with Crippen LogP contribution in [0.5, 0.6) is 0 Å². The second-order valence-corrected chi connectivity index (χ2v) is 11.0. The topological polar surface area (TPSA) is 22.4 Å². The minimum absolute atomic E-state index is 0.596. The van der Waals surface area contributed by atoms with Gasteiger partial charge in [-0.2, -0.15) is 0 Å². The minimum Gasteiger partial charge on any atom is -0.459 e. The number of furan rings is 1. The van der Waals surface area contributed by atoms with Crippen LogP contribution in [0.1, 0.15) is 26.5 Å². The van der Waals surface area contributed by atoms with Crippen molar-refractivity contribution in [3.63, 3.8) is 0 Å². The van der Waals surface area contributed by atoms with E-state index >= 15 is 0 Å². The molecule has 0 atom stereocenters. The summed E-state index contributed by atoms with van der Waals surface area (Å²) in [5, 5.41) is 0. The quantitative estimate of drug-likeness (QED) is 0.541. The molecule has 2 nitrogen and oxygen atoms in total. The zero-order chi connectivity index (χ0) is 15.3. The van der Waals surface area contributed by atoms with Gasteiger partial charge in [0.2, 0.25) is 0 Å². The molecule has 0 bridgehead atoms. The van der Waals surface area contributed by atoms with E-state index in [4.69, 9.17) is 8.84 Å². The lowest BCUT2D eigenvalue weighted by molar-refractivity contribution is 0.256. The Morgan fingerprint density at radius 1 is 0.952 bits per heavy atom. The largest absolute Gasteiger partial charge is 0.459 e. The molecule has 0 N–H and O–H groups in total. The fourth-order valence-corrected chi connectivity index (χ4v) is 5.33. The molecule has 1 aromatic heterocycles. The smallest absolute Gasteiger partial charge is 0.192 e. The van der Waals surface area contributed by atoms with Crippen molar-refractivity contribution in [2.75, 3.05) is 0 Å². The molecule has 1 heterocycles. The Labute approximate surface area is 136 Å². The van der Waals surface area contributed by atoms with Crippen LogP contribution >= 0.6 is 15.9 Å². The Morgan fingerprint density at radius 3 is 2.14 bits per heavy atom. The number of rotatable bonds is 7. The fourth-order valence-electron chi connectivity index (χ4n) is 2.51. The third kappa shape index (κ3) is 4.08. The molecule has 0 radical (unpaired) electrons. The molecule has 1 aromatic carbocycles. The van der Waals surface area contributed by atoms with Gasteiger partial charge in [-0.05, 0) is 42.4 Å². The molecular weight excluding hydrogens is 344 g/mol. The maximum Gasteiger partial charge on any atom is 0.192 e. The first-order chi connectivity index (χ1) is 10.1. The average molecular weight is 367 g/mol. The number of hydrogen-bond acceptors (Lipinski definition) is 2. The third-order valence-electron chi connectivity index (χ3n) is 4.24. The van der Waals surface area contributed by atoms with Gasteiger partial charge in [0.05, 0.1) is 6.61 Å². The zero-order valence-electron chi connectivity index (χ0n) is 13.0. The van der Waals surface area contributed by atoms with Crippen molar-refractivity contribution in [1.29, 1.82) is 0 Å². The SMILES string of the molecule is CC[Si](CC)(CC)OCc1ccc(-c2ccc(Br)cc2)o1. The summed E-state index contributed by atoms with van der Waals surface area (Å²) < 4.78 is 13.3. The summed E-state index contributed by atoms with van der Waals surface area (Å²) in [7, 11) is -1.54. The van der Waals surface area contributed by atoms with E-state index in [2.05, 4.69) is 48.8 Å². The summed E-state index contributed by atoms with van der Waals surface area (Å²) in [6.45, 7) is 7.33. The monoisotopic (exact) mass is 366 g/mol. The van der Waals surface area contributed by atoms with Crippen molar-refractivity contribution in [3.8, 4) is 11.3 Å². The maximum absolute atomic E-state index is 6.27. The molecule has 21 heavy (non-hydrogen) atoms. The second kappa shape index (κ2) is 7.43. The predicted molar refractivity (Wildman–Crippen MR) is 93.8 cm³/mol. The van der Waals surface area contributed by atoms with E-state index in [9.17, 15) is 0 Å². The third-order valence-corrected chi connectivity index (χ3v) is 9.40. The first-order valence-corrected chi connectivity index (χ1v) is 10.9. The van der Waals surface area contributed by atoms with Crippen molar-refractivity contribution >= 4 is 24.2 Å². The molecule has 0 amide bonds. The van der Waals surface area contributed by atoms with Gasteiger partial charge in [-0.15, -0.1) is 0 Å². The highest BCUT2D eigenvalue weighted by atomic mass is 79.9. The molecule has 2 aromatic rings. The lowest BCUT2D eigenvalue weighted by atomic mass is 10.2. The van der Waals surface area contributed by atoms with Crippen molar-refractivity contribution in [2.24, 2.45) is 0 Å². The van der Waals surface area contributed by atoms with E-state index in [1.165, 1.54) is 18.1 Å². The number of halogens is 1. The van der Waals surface area contributed by atoms with Crippen LogP contribution in [0.3, 0.4) is 0 Å². The van der Waals surface area contributed by atoms with Gasteiger partial charge < -0.3 is 8.84 Å². The Kier molecular flexibility index (Phi) is 5.85. The molecule has 2 rings (SSSR count). The Bertz CT molecular complexity index is 550. The Balaban J connectivity index is 2.05. The van der Waals surface area contributed by atoms with Crippen LogP contribution in [0.4, 0.5) is 0 Å². The standard InChI is InChI=1S/C17H23BrO2Si/c1-4-21(5-2,6-3)19-13-16-11-12-17(20-16)14-7-9-15(18)10-8-14/h7-12H,4-6,13H2,1-3H3. The molecule has 0 aliphatic rings. The van der Waals surface area contributed by atoms with Crippen molar-refractivity contribution in [3.05, 3.63) is 46.6 Å². The molecule has 4 heteroatoms. The molecular formula is C17H23BrO2Si. The highest BCUT2D eigenvalue weighted by Crippen LogP contribution is 2.27.